The summed E-state index contributed by atoms with van der Waals surface area (Å²) in [4.78, 5) is 16.5. The fourth-order valence-electron chi connectivity index (χ4n) is 2.70. The normalized spacial score (nSPS) is 17.5. The van der Waals surface area contributed by atoms with Crippen LogP contribution in [0.25, 0.3) is 0 Å². The van der Waals surface area contributed by atoms with Crippen LogP contribution < -0.4 is 10.6 Å². The van der Waals surface area contributed by atoms with E-state index in [1.807, 2.05) is 6.07 Å². The maximum Gasteiger partial charge on any atom is 0.270 e. The van der Waals surface area contributed by atoms with Crippen molar-refractivity contribution in [2.24, 2.45) is 0 Å². The fraction of sp³-hybridized carbons (Fsp3) is 0.625. The van der Waals surface area contributed by atoms with Crippen molar-refractivity contribution in [3.8, 4) is 0 Å². The van der Waals surface area contributed by atoms with E-state index in [1.165, 1.54) is 19.3 Å². The van der Waals surface area contributed by atoms with Gasteiger partial charge < -0.3 is 10.6 Å². The number of carbonyl (C=O) groups excluding carboxylic acids is 1. The molecule has 1 saturated carbocycles. The third kappa shape index (κ3) is 3.95. The lowest BCUT2D eigenvalue weighted by Gasteiger charge is -2.34. The number of amides is 1. The van der Waals surface area contributed by atoms with Crippen molar-refractivity contribution in [1.29, 1.82) is 0 Å². The molecular weight excluding hydrogens is 250 g/mol. The minimum Gasteiger partial charge on any atom is -0.384 e. The molecule has 20 heavy (non-hydrogen) atoms. The topological polar surface area (TPSA) is 54.0 Å². The Balaban J connectivity index is 1.94. The van der Waals surface area contributed by atoms with E-state index in [-0.39, 0.29) is 11.4 Å². The lowest BCUT2D eigenvalue weighted by molar-refractivity contribution is 0.0877. The van der Waals surface area contributed by atoms with Gasteiger partial charge in [0.25, 0.3) is 5.91 Å². The molecule has 1 aliphatic rings. The lowest BCUT2D eigenvalue weighted by atomic mass is 9.83. The zero-order chi connectivity index (χ0) is 14.4. The maximum atomic E-state index is 12.2. The minimum atomic E-state index is -0.0594. The van der Waals surface area contributed by atoms with E-state index in [0.717, 1.165) is 31.5 Å². The van der Waals surface area contributed by atoms with Crippen LogP contribution in [-0.2, 0) is 0 Å². The average Bonchev–Trinajstić information content (AvgIpc) is 2.46. The standard InChI is InChI=1S/C16H25N3O/c1-3-11-17-13-7-8-14(18-12-13)15(20)19-16(2)9-5-4-6-10-16/h7-8,12,17H,3-6,9-11H2,1-2H3,(H,19,20). The van der Waals surface area contributed by atoms with E-state index in [9.17, 15) is 4.79 Å². The maximum absolute atomic E-state index is 12.2. The Morgan fingerprint density at radius 1 is 1.30 bits per heavy atom. The summed E-state index contributed by atoms with van der Waals surface area (Å²) < 4.78 is 0. The van der Waals surface area contributed by atoms with Gasteiger partial charge >= 0.3 is 0 Å². The second kappa shape index (κ2) is 6.73. The zero-order valence-electron chi connectivity index (χ0n) is 12.5. The van der Waals surface area contributed by atoms with Crippen molar-refractivity contribution in [3.05, 3.63) is 24.0 Å². The highest BCUT2D eigenvalue weighted by molar-refractivity contribution is 5.93. The van der Waals surface area contributed by atoms with Crippen molar-refractivity contribution in [1.82, 2.24) is 10.3 Å². The number of carbonyl (C=O) groups is 1. The molecule has 0 atom stereocenters. The molecule has 0 radical (unpaired) electrons. The first-order chi connectivity index (χ1) is 9.63. The number of hydrogen-bond acceptors (Lipinski definition) is 3. The molecule has 4 nitrogen and oxygen atoms in total. The molecule has 110 valence electrons. The van der Waals surface area contributed by atoms with Crippen LogP contribution in [0.1, 0.15) is 62.9 Å². The Bertz CT molecular complexity index is 436. The minimum absolute atomic E-state index is 0.0589. The first-order valence-electron chi connectivity index (χ1n) is 7.65. The molecule has 1 heterocycles. The van der Waals surface area contributed by atoms with Crippen molar-refractivity contribution in [2.75, 3.05) is 11.9 Å². The van der Waals surface area contributed by atoms with E-state index < -0.39 is 0 Å². The highest BCUT2D eigenvalue weighted by atomic mass is 16.2. The molecule has 0 aliphatic heterocycles. The zero-order valence-corrected chi connectivity index (χ0v) is 12.5. The number of rotatable bonds is 5. The summed E-state index contributed by atoms with van der Waals surface area (Å²) in [7, 11) is 0. The van der Waals surface area contributed by atoms with Gasteiger partial charge in [-0.25, -0.2) is 4.98 Å². The van der Waals surface area contributed by atoms with E-state index in [1.54, 1.807) is 12.3 Å². The van der Waals surface area contributed by atoms with E-state index in [4.69, 9.17) is 0 Å². The number of aromatic nitrogens is 1. The third-order valence-corrected chi connectivity index (χ3v) is 3.95. The lowest BCUT2D eigenvalue weighted by Crippen LogP contribution is -2.47. The molecule has 2 rings (SSSR count). The quantitative estimate of drug-likeness (QED) is 0.866. The van der Waals surface area contributed by atoms with Crippen LogP contribution >= 0.6 is 0 Å². The first-order valence-corrected chi connectivity index (χ1v) is 7.65. The van der Waals surface area contributed by atoms with Crippen LogP contribution in [-0.4, -0.2) is 23.0 Å². The van der Waals surface area contributed by atoms with Gasteiger partial charge in [-0.3, -0.25) is 4.79 Å². The number of nitrogens with one attached hydrogen (secondary N) is 2. The van der Waals surface area contributed by atoms with Gasteiger partial charge in [0, 0.05) is 12.1 Å². The van der Waals surface area contributed by atoms with Gasteiger partial charge in [-0.1, -0.05) is 26.2 Å². The second-order valence-corrected chi connectivity index (χ2v) is 5.93. The molecule has 1 fully saturated rings. The van der Waals surface area contributed by atoms with Gasteiger partial charge in [0.1, 0.15) is 5.69 Å². The van der Waals surface area contributed by atoms with Gasteiger partial charge in [-0.2, -0.15) is 0 Å². The molecule has 0 spiro atoms. The first kappa shape index (κ1) is 14.8. The highest BCUT2D eigenvalue weighted by Crippen LogP contribution is 2.27. The molecule has 4 heteroatoms. The average molecular weight is 275 g/mol. The van der Waals surface area contributed by atoms with Crippen LogP contribution in [0.2, 0.25) is 0 Å². The Labute approximate surface area is 121 Å². The third-order valence-electron chi connectivity index (χ3n) is 3.95. The Morgan fingerprint density at radius 2 is 2.05 bits per heavy atom. The summed E-state index contributed by atoms with van der Waals surface area (Å²) in [5.74, 6) is -0.0589. The van der Waals surface area contributed by atoms with Crippen molar-refractivity contribution in [2.45, 2.75) is 57.9 Å². The van der Waals surface area contributed by atoms with Crippen molar-refractivity contribution in [3.63, 3.8) is 0 Å². The SMILES string of the molecule is CCCNc1ccc(C(=O)NC2(C)CCCCC2)nc1. The molecular formula is C16H25N3O. The Morgan fingerprint density at radius 3 is 2.65 bits per heavy atom. The van der Waals surface area contributed by atoms with Crippen molar-refractivity contribution >= 4 is 11.6 Å². The summed E-state index contributed by atoms with van der Waals surface area (Å²) in [5.41, 5.74) is 1.40. The molecule has 0 bridgehead atoms. The fourth-order valence-corrected chi connectivity index (χ4v) is 2.70. The van der Waals surface area contributed by atoms with Gasteiger partial charge in [0.05, 0.1) is 11.9 Å². The summed E-state index contributed by atoms with van der Waals surface area (Å²) in [6.45, 7) is 5.18. The summed E-state index contributed by atoms with van der Waals surface area (Å²) in [6, 6.07) is 3.71. The predicted octanol–water partition coefficient (Wildman–Crippen LogP) is 3.36. The van der Waals surface area contributed by atoms with Crippen LogP contribution in [0.5, 0.6) is 0 Å². The van der Waals surface area contributed by atoms with Crippen LogP contribution in [0.15, 0.2) is 18.3 Å². The van der Waals surface area contributed by atoms with Crippen LogP contribution in [0.4, 0.5) is 5.69 Å². The van der Waals surface area contributed by atoms with Crippen LogP contribution in [0, 0.1) is 0 Å². The Kier molecular flexibility index (Phi) is 4.99. The number of hydrogen-bond donors (Lipinski definition) is 2. The summed E-state index contributed by atoms with van der Waals surface area (Å²) in [5, 5.41) is 6.41. The second-order valence-electron chi connectivity index (χ2n) is 5.93. The van der Waals surface area contributed by atoms with Crippen LogP contribution in [0.3, 0.4) is 0 Å². The van der Waals surface area contributed by atoms with E-state index in [2.05, 4.69) is 29.5 Å². The largest absolute Gasteiger partial charge is 0.384 e. The van der Waals surface area contributed by atoms with Gasteiger partial charge in [0.2, 0.25) is 0 Å². The molecule has 1 aromatic heterocycles. The number of nitrogens with zero attached hydrogens (tertiary/aromatic N) is 1. The highest BCUT2D eigenvalue weighted by Gasteiger charge is 2.28. The number of pyridine rings is 1. The van der Waals surface area contributed by atoms with Gasteiger partial charge in [-0.05, 0) is 38.3 Å². The predicted molar refractivity (Wildman–Crippen MR) is 82.0 cm³/mol. The molecule has 1 amide bonds. The molecule has 0 saturated heterocycles. The van der Waals surface area contributed by atoms with E-state index >= 15 is 0 Å². The van der Waals surface area contributed by atoms with E-state index in [0.29, 0.717) is 5.69 Å². The van der Waals surface area contributed by atoms with Crippen molar-refractivity contribution < 1.29 is 4.79 Å². The number of anilines is 1. The molecule has 0 aromatic carbocycles. The monoisotopic (exact) mass is 275 g/mol. The smallest absolute Gasteiger partial charge is 0.270 e. The summed E-state index contributed by atoms with van der Waals surface area (Å²) >= 11 is 0. The Hall–Kier alpha value is -1.58. The van der Waals surface area contributed by atoms with Gasteiger partial charge in [0.15, 0.2) is 0 Å². The molecule has 2 N–H and O–H groups in total. The molecule has 1 aliphatic carbocycles. The molecule has 1 aromatic rings. The van der Waals surface area contributed by atoms with Gasteiger partial charge in [-0.15, -0.1) is 0 Å². The summed E-state index contributed by atoms with van der Waals surface area (Å²) in [6.07, 6.45) is 8.60. The molecule has 0 unspecified atom stereocenters.